The summed E-state index contributed by atoms with van der Waals surface area (Å²) < 4.78 is 3.61. The van der Waals surface area contributed by atoms with Crippen LogP contribution in [0.1, 0.15) is 36.3 Å². The van der Waals surface area contributed by atoms with E-state index >= 15 is 0 Å². The number of halogens is 1. The molecule has 1 amide bonds. The normalized spacial score (nSPS) is 16.9. The van der Waals surface area contributed by atoms with Crippen molar-refractivity contribution in [1.82, 2.24) is 29.4 Å². The Labute approximate surface area is 159 Å². The van der Waals surface area contributed by atoms with Gasteiger partial charge >= 0.3 is 0 Å². The fraction of sp³-hybridized carbons (Fsp3) is 0.611. The van der Waals surface area contributed by atoms with Crippen LogP contribution in [-0.2, 0) is 18.4 Å². The highest BCUT2D eigenvalue weighted by atomic mass is 35.5. The highest BCUT2D eigenvalue weighted by Crippen LogP contribution is 2.25. The van der Waals surface area contributed by atoms with Crippen molar-refractivity contribution in [3.05, 3.63) is 34.4 Å². The number of aromatic nitrogens is 4. The number of carbonyl (C=O) groups excluding carboxylic acids is 1. The minimum absolute atomic E-state index is 0.135. The number of aryl methyl sites for hydroxylation is 2. The molecule has 0 radical (unpaired) electrons. The largest absolute Gasteiger partial charge is 0.338 e. The van der Waals surface area contributed by atoms with Crippen LogP contribution in [-0.4, -0.2) is 61.4 Å². The molecule has 1 fully saturated rings. The quantitative estimate of drug-likeness (QED) is 0.800. The minimum Gasteiger partial charge on any atom is -0.338 e. The summed E-state index contributed by atoms with van der Waals surface area (Å²) in [7, 11) is 1.93. The lowest BCUT2D eigenvalue weighted by molar-refractivity contribution is -0.137. The average molecular weight is 379 g/mol. The zero-order valence-corrected chi connectivity index (χ0v) is 16.7. The summed E-state index contributed by atoms with van der Waals surface area (Å²) in [6.45, 7) is 9.91. The molecule has 0 aliphatic carbocycles. The molecule has 0 saturated carbocycles. The number of hydrogen-bond acceptors (Lipinski definition) is 4. The summed E-state index contributed by atoms with van der Waals surface area (Å²) in [4.78, 5) is 17.4. The second-order valence-electron chi connectivity index (χ2n) is 6.98. The van der Waals surface area contributed by atoms with E-state index in [1.165, 1.54) is 5.56 Å². The van der Waals surface area contributed by atoms with Gasteiger partial charge in [-0.1, -0.05) is 18.5 Å². The van der Waals surface area contributed by atoms with E-state index < -0.39 is 0 Å². The van der Waals surface area contributed by atoms with E-state index in [-0.39, 0.29) is 11.9 Å². The number of rotatable bonds is 5. The Bertz CT molecular complexity index is 775. The van der Waals surface area contributed by atoms with E-state index in [1.807, 2.05) is 49.8 Å². The van der Waals surface area contributed by atoms with Gasteiger partial charge in [0.15, 0.2) is 0 Å². The molecule has 26 heavy (non-hydrogen) atoms. The third kappa shape index (κ3) is 3.78. The fourth-order valence-corrected chi connectivity index (χ4v) is 3.67. The molecule has 2 aromatic heterocycles. The molecule has 8 heteroatoms. The van der Waals surface area contributed by atoms with Crippen LogP contribution < -0.4 is 0 Å². The molecule has 1 saturated heterocycles. The molecule has 1 aliphatic rings. The smallest absolute Gasteiger partial charge is 0.247 e. The first-order valence-electron chi connectivity index (χ1n) is 9.10. The summed E-state index contributed by atoms with van der Waals surface area (Å²) >= 11 is 6.27. The molecule has 0 aromatic carbocycles. The van der Waals surface area contributed by atoms with Gasteiger partial charge in [-0.05, 0) is 20.3 Å². The van der Waals surface area contributed by atoms with E-state index in [1.54, 1.807) is 4.68 Å². The number of piperazine rings is 1. The number of nitrogens with zero attached hydrogens (tertiary/aromatic N) is 6. The van der Waals surface area contributed by atoms with Gasteiger partial charge < -0.3 is 4.90 Å². The van der Waals surface area contributed by atoms with E-state index in [9.17, 15) is 4.79 Å². The van der Waals surface area contributed by atoms with Crippen molar-refractivity contribution in [3.8, 4) is 0 Å². The lowest BCUT2D eigenvalue weighted by Gasteiger charge is -2.36. The second-order valence-corrected chi connectivity index (χ2v) is 7.36. The van der Waals surface area contributed by atoms with Gasteiger partial charge in [-0.25, -0.2) is 0 Å². The molecule has 0 bridgehead atoms. The number of carbonyl (C=O) groups is 1. The van der Waals surface area contributed by atoms with Gasteiger partial charge in [0.2, 0.25) is 5.91 Å². The van der Waals surface area contributed by atoms with E-state index in [2.05, 4.69) is 15.1 Å². The lowest BCUT2D eigenvalue weighted by Crippen LogP contribution is -2.50. The standard InChI is InChI=1S/C18H27ClN6O/c1-5-16(25-14(3)17(19)13(2)21-25)18(26)24-8-6-23(7-9-24)12-15-10-20-22(4)11-15/h10-11,16H,5-9,12H2,1-4H3. The van der Waals surface area contributed by atoms with Crippen molar-refractivity contribution >= 4 is 17.5 Å². The summed E-state index contributed by atoms with van der Waals surface area (Å²) in [5.41, 5.74) is 2.84. The SMILES string of the molecule is CCC(C(=O)N1CCN(Cc2cnn(C)c2)CC1)n1nc(C)c(Cl)c1C. The van der Waals surface area contributed by atoms with Crippen LogP contribution in [0.4, 0.5) is 0 Å². The monoisotopic (exact) mass is 378 g/mol. The van der Waals surface area contributed by atoms with E-state index in [0.717, 1.165) is 44.1 Å². The van der Waals surface area contributed by atoms with Crippen LogP contribution in [0.15, 0.2) is 12.4 Å². The van der Waals surface area contributed by atoms with Crippen molar-refractivity contribution in [2.24, 2.45) is 7.05 Å². The summed E-state index contributed by atoms with van der Waals surface area (Å²) in [6, 6.07) is -0.286. The lowest BCUT2D eigenvalue weighted by atomic mass is 10.1. The number of amides is 1. The van der Waals surface area contributed by atoms with Gasteiger partial charge in [-0.3, -0.25) is 19.1 Å². The minimum atomic E-state index is -0.286. The predicted octanol–water partition coefficient (Wildman–Crippen LogP) is 2.18. The highest BCUT2D eigenvalue weighted by molar-refractivity contribution is 6.31. The van der Waals surface area contributed by atoms with Gasteiger partial charge in [-0.2, -0.15) is 10.2 Å². The Kier molecular flexibility index (Phi) is 5.67. The Balaban J connectivity index is 1.62. The summed E-state index contributed by atoms with van der Waals surface area (Å²) in [5, 5.41) is 9.35. The van der Waals surface area contributed by atoms with Crippen LogP contribution >= 0.6 is 11.6 Å². The topological polar surface area (TPSA) is 59.2 Å². The summed E-state index contributed by atoms with van der Waals surface area (Å²) in [5.74, 6) is 0.135. The van der Waals surface area contributed by atoms with Gasteiger partial charge in [0.1, 0.15) is 6.04 Å². The molecule has 7 nitrogen and oxygen atoms in total. The van der Waals surface area contributed by atoms with Crippen LogP contribution in [0, 0.1) is 13.8 Å². The Morgan fingerprint density at radius 3 is 2.46 bits per heavy atom. The maximum Gasteiger partial charge on any atom is 0.247 e. The van der Waals surface area contributed by atoms with Gasteiger partial charge in [-0.15, -0.1) is 0 Å². The van der Waals surface area contributed by atoms with Crippen LogP contribution in [0.2, 0.25) is 5.02 Å². The zero-order valence-electron chi connectivity index (χ0n) is 15.9. The van der Waals surface area contributed by atoms with E-state index in [4.69, 9.17) is 11.6 Å². The first kappa shape index (κ1) is 18.9. The van der Waals surface area contributed by atoms with Gasteiger partial charge in [0.25, 0.3) is 0 Å². The molecule has 0 spiro atoms. The molecule has 1 aliphatic heterocycles. The third-order valence-corrected chi connectivity index (χ3v) is 5.60. The molecule has 1 unspecified atom stereocenters. The predicted molar refractivity (Wildman–Crippen MR) is 101 cm³/mol. The van der Waals surface area contributed by atoms with Crippen molar-refractivity contribution in [1.29, 1.82) is 0 Å². The zero-order chi connectivity index (χ0) is 18.8. The van der Waals surface area contributed by atoms with Gasteiger partial charge in [0, 0.05) is 51.5 Å². The van der Waals surface area contributed by atoms with Crippen LogP contribution in [0.25, 0.3) is 0 Å². The Hall–Kier alpha value is -1.86. The molecule has 2 aromatic rings. The van der Waals surface area contributed by atoms with Gasteiger partial charge in [0.05, 0.1) is 22.6 Å². The summed E-state index contributed by atoms with van der Waals surface area (Å²) in [6.07, 6.45) is 4.64. The molecular formula is C18H27ClN6O. The van der Waals surface area contributed by atoms with Crippen molar-refractivity contribution in [3.63, 3.8) is 0 Å². The van der Waals surface area contributed by atoms with Crippen molar-refractivity contribution in [2.75, 3.05) is 26.2 Å². The molecule has 1 atom stereocenters. The maximum atomic E-state index is 13.1. The first-order chi connectivity index (χ1) is 12.4. The third-order valence-electron chi connectivity index (χ3n) is 5.05. The second kappa shape index (κ2) is 7.80. The molecular weight excluding hydrogens is 352 g/mol. The highest BCUT2D eigenvalue weighted by Gasteiger charge is 2.29. The van der Waals surface area contributed by atoms with Crippen LogP contribution in [0.5, 0.6) is 0 Å². The fourth-order valence-electron chi connectivity index (χ4n) is 3.55. The average Bonchev–Trinajstić information content (AvgIpc) is 3.15. The van der Waals surface area contributed by atoms with Crippen LogP contribution in [0.3, 0.4) is 0 Å². The van der Waals surface area contributed by atoms with E-state index in [0.29, 0.717) is 11.4 Å². The van der Waals surface area contributed by atoms with Crippen molar-refractivity contribution < 1.29 is 4.79 Å². The molecule has 142 valence electrons. The maximum absolute atomic E-state index is 13.1. The Morgan fingerprint density at radius 1 is 1.27 bits per heavy atom. The molecule has 0 N–H and O–H groups in total. The molecule has 3 heterocycles. The Morgan fingerprint density at radius 2 is 1.96 bits per heavy atom. The molecule has 3 rings (SSSR count). The number of hydrogen-bond donors (Lipinski definition) is 0. The first-order valence-corrected chi connectivity index (χ1v) is 9.48. The van der Waals surface area contributed by atoms with Crippen molar-refractivity contribution in [2.45, 2.75) is 39.8 Å².